The molecule has 0 bridgehead atoms. The molecule has 1 aromatic rings. The summed E-state index contributed by atoms with van der Waals surface area (Å²) in [4.78, 5) is 3.08. The van der Waals surface area contributed by atoms with Crippen LogP contribution in [-0.4, -0.2) is 16.5 Å². The van der Waals surface area contributed by atoms with Crippen molar-refractivity contribution in [2.24, 2.45) is 0 Å². The molecule has 1 aromatic heterocycles. The maximum absolute atomic E-state index is 12.3. The average Bonchev–Trinajstić information content (AvgIpc) is 2.10. The summed E-state index contributed by atoms with van der Waals surface area (Å²) in [5.74, 6) is -2.72. The van der Waals surface area contributed by atoms with Crippen LogP contribution in [0.1, 0.15) is 12.0 Å². The fourth-order valence-corrected chi connectivity index (χ4v) is 0.989. The summed E-state index contributed by atoms with van der Waals surface area (Å²) in [6, 6.07) is 0. The minimum absolute atomic E-state index is 0.397. The SMILES string of the molecule is Oc1c(Cl)ncc(C(F)F)c1OC(F)(F)F. The Labute approximate surface area is 90.4 Å². The van der Waals surface area contributed by atoms with Gasteiger partial charge in [-0.25, -0.2) is 13.8 Å². The van der Waals surface area contributed by atoms with Crippen LogP contribution >= 0.6 is 11.6 Å². The third-order valence-electron chi connectivity index (χ3n) is 1.44. The second-order valence-corrected chi connectivity index (χ2v) is 2.89. The lowest BCUT2D eigenvalue weighted by Gasteiger charge is -2.14. The van der Waals surface area contributed by atoms with Crippen LogP contribution in [0.15, 0.2) is 6.20 Å². The maximum Gasteiger partial charge on any atom is 0.573 e. The second kappa shape index (κ2) is 4.28. The highest BCUT2D eigenvalue weighted by atomic mass is 35.5. The molecule has 0 aliphatic rings. The summed E-state index contributed by atoms with van der Waals surface area (Å²) >= 11 is 5.17. The molecule has 0 fully saturated rings. The average molecular weight is 264 g/mol. The Morgan fingerprint density at radius 3 is 2.38 bits per heavy atom. The Balaban J connectivity index is 3.26. The standard InChI is InChI=1S/C7H3ClF5NO2/c8-5-3(15)4(16-7(11,12)13)2(1-14-5)6(9)10/h1,6,15H. The van der Waals surface area contributed by atoms with Crippen LogP contribution in [0, 0.1) is 0 Å². The zero-order chi connectivity index (χ0) is 12.5. The smallest absolute Gasteiger partial charge is 0.502 e. The van der Waals surface area contributed by atoms with Crippen molar-refractivity contribution in [1.82, 2.24) is 4.98 Å². The third kappa shape index (κ3) is 2.84. The highest BCUT2D eigenvalue weighted by molar-refractivity contribution is 6.31. The monoisotopic (exact) mass is 263 g/mol. The van der Waals surface area contributed by atoms with E-state index in [4.69, 9.17) is 16.7 Å². The van der Waals surface area contributed by atoms with Crippen molar-refractivity contribution in [3.63, 3.8) is 0 Å². The molecular weight excluding hydrogens is 261 g/mol. The number of nitrogens with zero attached hydrogens (tertiary/aromatic N) is 1. The van der Waals surface area contributed by atoms with Crippen molar-refractivity contribution in [3.8, 4) is 11.5 Å². The Hall–Kier alpha value is -1.31. The number of rotatable bonds is 2. The summed E-state index contributed by atoms with van der Waals surface area (Å²) < 4.78 is 63.4. The van der Waals surface area contributed by atoms with Crippen LogP contribution in [-0.2, 0) is 0 Å². The molecule has 0 saturated carbocycles. The van der Waals surface area contributed by atoms with Gasteiger partial charge in [-0.15, -0.1) is 13.2 Å². The molecule has 1 N–H and O–H groups in total. The number of alkyl halides is 5. The van der Waals surface area contributed by atoms with Crippen LogP contribution in [0.25, 0.3) is 0 Å². The van der Waals surface area contributed by atoms with E-state index in [9.17, 15) is 22.0 Å². The van der Waals surface area contributed by atoms with Crippen LogP contribution in [0.3, 0.4) is 0 Å². The molecule has 0 aromatic carbocycles. The summed E-state index contributed by atoms with van der Waals surface area (Å²) in [5.41, 5.74) is -1.20. The van der Waals surface area contributed by atoms with Crippen LogP contribution < -0.4 is 4.74 Å². The largest absolute Gasteiger partial charge is 0.573 e. The van der Waals surface area contributed by atoms with Gasteiger partial charge in [0.25, 0.3) is 6.43 Å². The lowest BCUT2D eigenvalue weighted by atomic mass is 10.2. The molecular formula is C7H3ClF5NO2. The summed E-state index contributed by atoms with van der Waals surface area (Å²) in [6.07, 6.45) is -8.10. The molecule has 0 radical (unpaired) electrons. The highest BCUT2D eigenvalue weighted by Gasteiger charge is 2.35. The molecule has 0 amide bonds. The van der Waals surface area contributed by atoms with Crippen molar-refractivity contribution in [3.05, 3.63) is 16.9 Å². The fraction of sp³-hybridized carbons (Fsp3) is 0.286. The van der Waals surface area contributed by atoms with Crippen LogP contribution in [0.2, 0.25) is 5.15 Å². The molecule has 0 aliphatic heterocycles. The van der Waals surface area contributed by atoms with Gasteiger partial charge in [0.2, 0.25) is 0 Å². The summed E-state index contributed by atoms with van der Waals surface area (Å²) in [6.45, 7) is 0. The Bertz CT molecular complexity index is 395. The predicted molar refractivity (Wildman–Crippen MR) is 42.6 cm³/mol. The van der Waals surface area contributed by atoms with E-state index in [1.54, 1.807) is 0 Å². The van der Waals surface area contributed by atoms with Crippen molar-refractivity contribution < 1.29 is 31.8 Å². The quantitative estimate of drug-likeness (QED) is 0.658. The van der Waals surface area contributed by atoms with Crippen molar-refractivity contribution >= 4 is 11.6 Å². The molecule has 1 rings (SSSR count). The number of hydrogen-bond acceptors (Lipinski definition) is 3. The number of pyridine rings is 1. The van der Waals surface area contributed by atoms with Crippen molar-refractivity contribution in [1.29, 1.82) is 0 Å². The molecule has 16 heavy (non-hydrogen) atoms. The van der Waals surface area contributed by atoms with E-state index in [0.29, 0.717) is 6.20 Å². The first-order chi connectivity index (χ1) is 7.22. The van der Waals surface area contributed by atoms with E-state index < -0.39 is 35.0 Å². The van der Waals surface area contributed by atoms with Gasteiger partial charge >= 0.3 is 6.36 Å². The lowest BCUT2D eigenvalue weighted by molar-refractivity contribution is -0.275. The first kappa shape index (κ1) is 12.8. The van der Waals surface area contributed by atoms with Gasteiger partial charge in [0.15, 0.2) is 16.7 Å². The molecule has 9 heteroatoms. The lowest BCUT2D eigenvalue weighted by Crippen LogP contribution is -2.18. The second-order valence-electron chi connectivity index (χ2n) is 2.53. The summed E-state index contributed by atoms with van der Waals surface area (Å²) in [7, 11) is 0. The van der Waals surface area contributed by atoms with E-state index in [0.717, 1.165) is 0 Å². The number of ether oxygens (including phenoxy) is 1. The Morgan fingerprint density at radius 1 is 1.38 bits per heavy atom. The molecule has 1 heterocycles. The van der Waals surface area contributed by atoms with Gasteiger partial charge in [0.05, 0.1) is 5.56 Å². The van der Waals surface area contributed by atoms with Crippen molar-refractivity contribution in [2.45, 2.75) is 12.8 Å². The van der Waals surface area contributed by atoms with Gasteiger partial charge in [-0.1, -0.05) is 11.6 Å². The van der Waals surface area contributed by atoms with E-state index in [-0.39, 0.29) is 0 Å². The molecule has 0 atom stereocenters. The minimum Gasteiger partial charge on any atom is -0.502 e. The molecule has 3 nitrogen and oxygen atoms in total. The first-order valence-corrected chi connectivity index (χ1v) is 4.01. The normalized spacial score (nSPS) is 11.9. The van der Waals surface area contributed by atoms with Crippen LogP contribution in [0.5, 0.6) is 11.5 Å². The van der Waals surface area contributed by atoms with Gasteiger partial charge in [0.1, 0.15) is 0 Å². The van der Waals surface area contributed by atoms with Crippen LogP contribution in [0.4, 0.5) is 22.0 Å². The zero-order valence-corrected chi connectivity index (χ0v) is 7.98. The van der Waals surface area contributed by atoms with E-state index in [1.807, 2.05) is 0 Å². The Kier molecular flexibility index (Phi) is 3.41. The highest BCUT2D eigenvalue weighted by Crippen LogP contribution is 2.42. The first-order valence-electron chi connectivity index (χ1n) is 3.63. The number of aromatic hydroxyl groups is 1. The number of halogens is 6. The minimum atomic E-state index is -5.22. The van der Waals surface area contributed by atoms with Gasteiger partial charge in [-0.05, 0) is 0 Å². The van der Waals surface area contributed by atoms with Gasteiger partial charge in [0, 0.05) is 6.20 Å². The van der Waals surface area contributed by atoms with E-state index in [2.05, 4.69) is 9.72 Å². The number of hydrogen-bond donors (Lipinski definition) is 1. The van der Waals surface area contributed by atoms with E-state index in [1.165, 1.54) is 0 Å². The summed E-state index contributed by atoms with van der Waals surface area (Å²) in [5, 5.41) is 8.28. The molecule has 0 aliphatic carbocycles. The zero-order valence-electron chi connectivity index (χ0n) is 7.23. The maximum atomic E-state index is 12.3. The van der Waals surface area contributed by atoms with Gasteiger partial charge < -0.3 is 9.84 Å². The van der Waals surface area contributed by atoms with E-state index >= 15 is 0 Å². The predicted octanol–water partition coefficient (Wildman–Crippen LogP) is 3.28. The van der Waals surface area contributed by atoms with Gasteiger partial charge in [-0.3, -0.25) is 0 Å². The molecule has 0 saturated heterocycles. The van der Waals surface area contributed by atoms with Crippen molar-refractivity contribution in [2.75, 3.05) is 0 Å². The molecule has 90 valence electrons. The Morgan fingerprint density at radius 2 is 1.94 bits per heavy atom. The van der Waals surface area contributed by atoms with Gasteiger partial charge in [-0.2, -0.15) is 0 Å². The topological polar surface area (TPSA) is 42.4 Å². The number of aromatic nitrogens is 1. The molecule has 0 spiro atoms. The third-order valence-corrected chi connectivity index (χ3v) is 1.72. The fourth-order valence-electron chi connectivity index (χ4n) is 0.855. The molecule has 0 unspecified atom stereocenters.